The Kier molecular flexibility index (Phi) is 5.86. The van der Waals surface area contributed by atoms with Gasteiger partial charge in [0.05, 0.1) is 4.90 Å². The van der Waals surface area contributed by atoms with E-state index in [-0.39, 0.29) is 17.9 Å². The van der Waals surface area contributed by atoms with E-state index in [0.717, 1.165) is 4.90 Å². The molecule has 0 aliphatic carbocycles. The molecule has 0 aliphatic heterocycles. The first-order chi connectivity index (χ1) is 9.75. The molecule has 1 atom stereocenters. The number of hydrogen-bond acceptors (Lipinski definition) is 4. The van der Waals surface area contributed by atoms with Crippen LogP contribution >= 0.6 is 0 Å². The molecular weight excluding hydrogens is 296 g/mol. The van der Waals surface area contributed by atoms with Gasteiger partial charge in [0.15, 0.2) is 0 Å². The zero-order valence-electron chi connectivity index (χ0n) is 11.8. The first-order valence-corrected chi connectivity index (χ1v) is 7.77. The Morgan fingerprint density at radius 2 is 1.86 bits per heavy atom. The number of carboxylic acid groups (broad SMARTS) is 1. The van der Waals surface area contributed by atoms with Crippen molar-refractivity contribution in [3.8, 4) is 0 Å². The number of aliphatic carboxylic acids is 1. The molecule has 0 aliphatic rings. The molecule has 1 aromatic carbocycles. The van der Waals surface area contributed by atoms with Gasteiger partial charge in [0.2, 0.25) is 15.9 Å². The molecule has 1 rings (SSSR count). The number of nitrogens with one attached hydrogen (secondary N) is 1. The zero-order chi connectivity index (χ0) is 16.0. The van der Waals surface area contributed by atoms with Crippen LogP contribution in [0, 0.1) is 0 Å². The minimum absolute atomic E-state index is 0.0905. The van der Waals surface area contributed by atoms with Gasteiger partial charge in [0.25, 0.3) is 0 Å². The van der Waals surface area contributed by atoms with Crippen LogP contribution in [0.25, 0.3) is 0 Å². The van der Waals surface area contributed by atoms with Crippen molar-refractivity contribution in [3.63, 3.8) is 0 Å². The highest BCUT2D eigenvalue weighted by Gasteiger charge is 2.22. The van der Waals surface area contributed by atoms with Gasteiger partial charge in [-0.1, -0.05) is 18.2 Å². The summed E-state index contributed by atoms with van der Waals surface area (Å²) in [4.78, 5) is 23.7. The fourth-order valence-corrected chi connectivity index (χ4v) is 2.59. The van der Waals surface area contributed by atoms with Crippen molar-refractivity contribution in [2.75, 3.05) is 13.6 Å². The minimum atomic E-state index is -3.66. The number of hydrogen-bond donors (Lipinski definition) is 2. The summed E-state index contributed by atoms with van der Waals surface area (Å²) in [5, 5.41) is 8.80. The van der Waals surface area contributed by atoms with Crippen LogP contribution in [0.3, 0.4) is 0 Å². The molecule has 1 unspecified atom stereocenters. The predicted molar refractivity (Wildman–Crippen MR) is 76.1 cm³/mol. The molecule has 0 bridgehead atoms. The first-order valence-electron chi connectivity index (χ1n) is 6.29. The summed E-state index contributed by atoms with van der Waals surface area (Å²) in [5.41, 5.74) is 0. The Balaban J connectivity index is 2.54. The van der Waals surface area contributed by atoms with Crippen molar-refractivity contribution in [2.45, 2.75) is 24.3 Å². The van der Waals surface area contributed by atoms with Crippen LogP contribution in [0.4, 0.5) is 0 Å². The summed E-state index contributed by atoms with van der Waals surface area (Å²) < 4.78 is 26.1. The van der Waals surface area contributed by atoms with Crippen LogP contribution < -0.4 is 4.72 Å². The fourth-order valence-electron chi connectivity index (χ4n) is 1.53. The van der Waals surface area contributed by atoms with Crippen LogP contribution in [0.5, 0.6) is 0 Å². The number of carboxylic acids is 1. The highest BCUT2D eigenvalue weighted by atomic mass is 32.2. The van der Waals surface area contributed by atoms with Gasteiger partial charge in [0.1, 0.15) is 6.04 Å². The Labute approximate surface area is 123 Å². The second-order valence-electron chi connectivity index (χ2n) is 4.48. The molecule has 1 amide bonds. The highest BCUT2D eigenvalue weighted by Crippen LogP contribution is 2.07. The molecule has 0 fully saturated rings. The van der Waals surface area contributed by atoms with Gasteiger partial charge in [-0.05, 0) is 19.1 Å². The maximum atomic E-state index is 11.9. The average molecular weight is 314 g/mol. The van der Waals surface area contributed by atoms with Gasteiger partial charge in [-0.2, -0.15) is 0 Å². The van der Waals surface area contributed by atoms with Crippen LogP contribution in [0.1, 0.15) is 13.3 Å². The third kappa shape index (κ3) is 4.83. The average Bonchev–Trinajstić information content (AvgIpc) is 2.46. The lowest BCUT2D eigenvalue weighted by molar-refractivity contribution is -0.148. The van der Waals surface area contributed by atoms with E-state index in [4.69, 9.17) is 5.11 Å². The SMILES string of the molecule is CC(C(=O)O)N(C)C(=O)CCNS(=O)(=O)c1ccccc1. The number of nitrogens with zero attached hydrogens (tertiary/aromatic N) is 1. The van der Waals surface area contributed by atoms with Crippen molar-refractivity contribution in [2.24, 2.45) is 0 Å². The number of rotatable bonds is 7. The maximum absolute atomic E-state index is 11.9. The van der Waals surface area contributed by atoms with Crippen molar-refractivity contribution in [1.29, 1.82) is 0 Å². The maximum Gasteiger partial charge on any atom is 0.326 e. The predicted octanol–water partition coefficient (Wildman–Crippen LogP) is 0.287. The van der Waals surface area contributed by atoms with E-state index in [1.165, 1.54) is 26.1 Å². The number of carbonyl (C=O) groups is 2. The lowest BCUT2D eigenvalue weighted by Crippen LogP contribution is -2.41. The molecule has 0 aromatic heterocycles. The van der Waals surface area contributed by atoms with Crippen LogP contribution in [-0.2, 0) is 19.6 Å². The fraction of sp³-hybridized carbons (Fsp3) is 0.385. The van der Waals surface area contributed by atoms with Crippen molar-refractivity contribution >= 4 is 21.9 Å². The molecule has 21 heavy (non-hydrogen) atoms. The number of benzene rings is 1. The second kappa shape index (κ2) is 7.19. The smallest absolute Gasteiger partial charge is 0.326 e. The molecule has 0 heterocycles. The number of likely N-dealkylation sites (N-methyl/N-ethyl adjacent to an activating group) is 1. The van der Waals surface area contributed by atoms with Crippen molar-refractivity contribution in [1.82, 2.24) is 9.62 Å². The first kappa shape index (κ1) is 17.1. The third-order valence-electron chi connectivity index (χ3n) is 3.02. The Bertz CT molecular complexity index is 600. The number of amides is 1. The molecule has 0 saturated heterocycles. The zero-order valence-corrected chi connectivity index (χ0v) is 12.6. The van der Waals surface area contributed by atoms with Gasteiger partial charge in [-0.25, -0.2) is 17.9 Å². The Morgan fingerprint density at radius 3 is 2.38 bits per heavy atom. The van der Waals surface area contributed by atoms with Gasteiger partial charge >= 0.3 is 5.97 Å². The molecule has 0 saturated carbocycles. The summed E-state index contributed by atoms with van der Waals surface area (Å²) in [6.45, 7) is 1.29. The quantitative estimate of drug-likeness (QED) is 0.752. The van der Waals surface area contributed by atoms with E-state index in [9.17, 15) is 18.0 Å². The van der Waals surface area contributed by atoms with E-state index in [1.807, 2.05) is 0 Å². The van der Waals surface area contributed by atoms with Gasteiger partial charge < -0.3 is 10.0 Å². The lowest BCUT2D eigenvalue weighted by Gasteiger charge is -2.21. The van der Waals surface area contributed by atoms with E-state index < -0.39 is 27.9 Å². The van der Waals surface area contributed by atoms with Crippen LogP contribution in [0.2, 0.25) is 0 Å². The number of sulfonamides is 1. The second-order valence-corrected chi connectivity index (χ2v) is 6.25. The molecule has 1 aromatic rings. The van der Waals surface area contributed by atoms with Gasteiger partial charge in [-0.3, -0.25) is 4.79 Å². The summed E-state index contributed by atoms with van der Waals surface area (Å²) in [7, 11) is -2.29. The summed E-state index contributed by atoms with van der Waals surface area (Å²) >= 11 is 0. The topological polar surface area (TPSA) is 104 Å². The number of carbonyl (C=O) groups excluding carboxylic acids is 1. The minimum Gasteiger partial charge on any atom is -0.480 e. The van der Waals surface area contributed by atoms with Crippen molar-refractivity contribution in [3.05, 3.63) is 30.3 Å². The molecule has 2 N–H and O–H groups in total. The van der Waals surface area contributed by atoms with Crippen LogP contribution in [-0.4, -0.2) is 49.9 Å². The molecule has 0 spiro atoms. The van der Waals surface area contributed by atoms with Gasteiger partial charge in [-0.15, -0.1) is 0 Å². The summed E-state index contributed by atoms with van der Waals surface area (Å²) in [6.07, 6.45) is -0.111. The van der Waals surface area contributed by atoms with Gasteiger partial charge in [0, 0.05) is 20.0 Å². The normalized spacial score (nSPS) is 12.7. The molecular formula is C13H18N2O5S. The third-order valence-corrected chi connectivity index (χ3v) is 4.49. The summed E-state index contributed by atoms with van der Waals surface area (Å²) in [6, 6.07) is 6.84. The van der Waals surface area contributed by atoms with Crippen LogP contribution in [0.15, 0.2) is 35.2 Å². The largest absolute Gasteiger partial charge is 0.480 e. The van der Waals surface area contributed by atoms with E-state index >= 15 is 0 Å². The Morgan fingerprint density at radius 1 is 1.29 bits per heavy atom. The monoisotopic (exact) mass is 314 g/mol. The molecule has 8 heteroatoms. The Hall–Kier alpha value is -1.93. The van der Waals surface area contributed by atoms with E-state index in [0.29, 0.717) is 0 Å². The summed E-state index contributed by atoms with van der Waals surface area (Å²) in [5.74, 6) is -1.56. The molecule has 7 nitrogen and oxygen atoms in total. The molecule has 116 valence electrons. The van der Waals surface area contributed by atoms with E-state index in [2.05, 4.69) is 4.72 Å². The van der Waals surface area contributed by atoms with Crippen molar-refractivity contribution < 1.29 is 23.1 Å². The highest BCUT2D eigenvalue weighted by molar-refractivity contribution is 7.89. The lowest BCUT2D eigenvalue weighted by atomic mass is 10.2. The molecule has 0 radical (unpaired) electrons. The van der Waals surface area contributed by atoms with E-state index in [1.54, 1.807) is 18.2 Å². The standard InChI is InChI=1S/C13H18N2O5S/c1-10(13(17)18)15(2)12(16)8-9-14-21(19,20)11-6-4-3-5-7-11/h3-7,10,14H,8-9H2,1-2H3,(H,17,18).